The van der Waals surface area contributed by atoms with Crippen LogP contribution in [0.15, 0.2) is 73.0 Å². The van der Waals surface area contributed by atoms with E-state index < -0.39 is 6.09 Å². The van der Waals surface area contributed by atoms with Crippen LogP contribution < -0.4 is 19.9 Å². The molecule has 0 atom stereocenters. The third-order valence-electron chi connectivity index (χ3n) is 3.94. The third kappa shape index (κ3) is 2.34. The highest BCUT2D eigenvalue weighted by molar-refractivity contribution is 5.91. The van der Waals surface area contributed by atoms with Crippen molar-refractivity contribution < 1.29 is 14.6 Å². The van der Waals surface area contributed by atoms with Crippen LogP contribution in [0.25, 0.3) is 0 Å². The fourth-order valence-corrected chi connectivity index (χ4v) is 2.82. The Balaban J connectivity index is 1.74. The Morgan fingerprint density at radius 2 is 2.00 bits per heavy atom. The smallest absolute Gasteiger partial charge is 0.412 e. The number of hydrogen-bond donors (Lipinski definition) is 2. The minimum Gasteiger partial charge on any atom is -0.465 e. The van der Waals surface area contributed by atoms with Gasteiger partial charge in [0, 0.05) is 12.4 Å². The number of ether oxygens (including phenoxy) is 1. The molecule has 2 aliphatic heterocycles. The second-order valence-corrected chi connectivity index (χ2v) is 5.43. The first-order valence-electron chi connectivity index (χ1n) is 7.51. The van der Waals surface area contributed by atoms with Gasteiger partial charge in [-0.2, -0.15) is 0 Å². The Morgan fingerprint density at radius 3 is 2.79 bits per heavy atom. The predicted molar refractivity (Wildman–Crippen MR) is 90.6 cm³/mol. The fraction of sp³-hybridized carbons (Fsp3) is 0.0556. The summed E-state index contributed by atoms with van der Waals surface area (Å²) in [5.74, 6) is 1.32. The van der Waals surface area contributed by atoms with Crippen molar-refractivity contribution in [1.82, 2.24) is 5.32 Å². The van der Waals surface area contributed by atoms with Gasteiger partial charge in [-0.15, -0.1) is 0 Å². The van der Waals surface area contributed by atoms with E-state index in [2.05, 4.69) is 5.32 Å². The van der Waals surface area contributed by atoms with Crippen LogP contribution in [0.3, 0.4) is 0 Å². The summed E-state index contributed by atoms with van der Waals surface area (Å²) in [4.78, 5) is 15.0. The zero-order valence-corrected chi connectivity index (χ0v) is 12.7. The molecule has 120 valence electrons. The molecule has 0 saturated heterocycles. The molecule has 0 aromatic heterocycles. The molecule has 2 aromatic rings. The SMILES string of the molecule is O=C(O)N(Cc1ccccc1)c1cccc2c1OC=C1NC=CN12. The van der Waals surface area contributed by atoms with Crippen LogP contribution in [0, 0.1) is 0 Å². The summed E-state index contributed by atoms with van der Waals surface area (Å²) in [5.41, 5.74) is 2.22. The molecule has 0 spiro atoms. The van der Waals surface area contributed by atoms with E-state index in [4.69, 9.17) is 4.74 Å². The Bertz CT molecular complexity index is 846. The lowest BCUT2D eigenvalue weighted by molar-refractivity contribution is 0.201. The van der Waals surface area contributed by atoms with Crippen LogP contribution in [0.4, 0.5) is 16.2 Å². The summed E-state index contributed by atoms with van der Waals surface area (Å²) in [6, 6.07) is 15.0. The first-order valence-corrected chi connectivity index (χ1v) is 7.51. The lowest BCUT2D eigenvalue weighted by Crippen LogP contribution is -2.30. The third-order valence-corrected chi connectivity index (χ3v) is 3.94. The standard InChI is InChI=1S/C18H15N3O3/c22-18(23)21(11-13-5-2-1-3-6-13)15-8-4-7-14-17(15)24-12-16-19-9-10-20(14)16/h1-10,12,19H,11H2,(H,22,23). The van der Waals surface area contributed by atoms with E-state index in [1.165, 1.54) is 4.90 Å². The zero-order chi connectivity index (χ0) is 16.5. The molecule has 2 heterocycles. The molecule has 0 fully saturated rings. The molecule has 0 unspecified atom stereocenters. The summed E-state index contributed by atoms with van der Waals surface area (Å²) in [7, 11) is 0. The fourth-order valence-electron chi connectivity index (χ4n) is 2.82. The van der Waals surface area contributed by atoms with Crippen molar-refractivity contribution >= 4 is 17.5 Å². The lowest BCUT2D eigenvalue weighted by atomic mass is 10.1. The normalized spacial score (nSPS) is 14.2. The maximum absolute atomic E-state index is 11.8. The van der Waals surface area contributed by atoms with Crippen molar-refractivity contribution in [3.63, 3.8) is 0 Å². The molecule has 0 saturated carbocycles. The lowest BCUT2D eigenvalue weighted by Gasteiger charge is -2.29. The molecule has 24 heavy (non-hydrogen) atoms. The highest BCUT2D eigenvalue weighted by atomic mass is 16.5. The summed E-state index contributed by atoms with van der Waals surface area (Å²) in [6.45, 7) is 0.251. The van der Waals surface area contributed by atoms with Gasteiger partial charge < -0.3 is 15.2 Å². The van der Waals surface area contributed by atoms with Crippen LogP contribution in [0.1, 0.15) is 5.56 Å². The molecular formula is C18H15N3O3. The molecule has 0 radical (unpaired) electrons. The van der Waals surface area contributed by atoms with Gasteiger partial charge in [0.05, 0.1) is 17.9 Å². The van der Waals surface area contributed by atoms with Crippen LogP contribution in [0.5, 0.6) is 5.75 Å². The summed E-state index contributed by atoms with van der Waals surface area (Å²) >= 11 is 0. The Kier molecular flexibility index (Phi) is 3.35. The molecule has 1 amide bonds. The summed E-state index contributed by atoms with van der Waals surface area (Å²) < 4.78 is 5.73. The van der Waals surface area contributed by atoms with Crippen LogP contribution >= 0.6 is 0 Å². The monoisotopic (exact) mass is 321 g/mol. The highest BCUT2D eigenvalue weighted by Crippen LogP contribution is 2.43. The van der Waals surface area contributed by atoms with Crippen molar-refractivity contribution in [2.45, 2.75) is 6.54 Å². The molecule has 2 aliphatic rings. The quantitative estimate of drug-likeness (QED) is 0.906. The number of carbonyl (C=O) groups is 1. The number of amides is 1. The predicted octanol–water partition coefficient (Wildman–Crippen LogP) is 3.44. The number of carboxylic acid groups (broad SMARTS) is 1. The Morgan fingerprint density at radius 1 is 1.17 bits per heavy atom. The van der Waals surface area contributed by atoms with E-state index in [-0.39, 0.29) is 6.54 Å². The molecular weight excluding hydrogens is 306 g/mol. The first-order chi connectivity index (χ1) is 11.7. The zero-order valence-electron chi connectivity index (χ0n) is 12.7. The van der Waals surface area contributed by atoms with E-state index in [1.54, 1.807) is 18.5 Å². The minimum absolute atomic E-state index is 0.251. The van der Waals surface area contributed by atoms with E-state index >= 15 is 0 Å². The topological polar surface area (TPSA) is 65.0 Å². The van der Waals surface area contributed by atoms with Crippen LogP contribution in [-0.2, 0) is 6.54 Å². The van der Waals surface area contributed by atoms with Crippen LogP contribution in [-0.4, -0.2) is 11.2 Å². The molecule has 6 heteroatoms. The molecule has 0 aliphatic carbocycles. The highest BCUT2D eigenvalue weighted by Gasteiger charge is 2.28. The molecule has 6 nitrogen and oxygen atoms in total. The van der Waals surface area contributed by atoms with Gasteiger partial charge in [-0.05, 0) is 17.7 Å². The van der Waals surface area contributed by atoms with Gasteiger partial charge in [-0.1, -0.05) is 36.4 Å². The number of para-hydroxylation sites is 1. The number of rotatable bonds is 3. The number of nitrogens with one attached hydrogen (secondary N) is 1. The van der Waals surface area contributed by atoms with Gasteiger partial charge in [0.25, 0.3) is 0 Å². The van der Waals surface area contributed by atoms with Gasteiger partial charge in [-0.3, -0.25) is 9.80 Å². The van der Waals surface area contributed by atoms with E-state index in [0.717, 1.165) is 17.1 Å². The second kappa shape index (κ2) is 5.66. The van der Waals surface area contributed by atoms with Crippen molar-refractivity contribution in [3.8, 4) is 5.75 Å². The molecule has 2 aromatic carbocycles. The Labute approximate surface area is 138 Å². The van der Waals surface area contributed by atoms with Crippen molar-refractivity contribution in [2.75, 3.05) is 9.80 Å². The molecule has 4 rings (SSSR count). The van der Waals surface area contributed by atoms with Crippen molar-refractivity contribution in [1.29, 1.82) is 0 Å². The number of anilines is 2. The van der Waals surface area contributed by atoms with E-state index in [1.807, 2.05) is 53.6 Å². The van der Waals surface area contributed by atoms with Gasteiger partial charge in [0.1, 0.15) is 6.26 Å². The molecule has 0 bridgehead atoms. The van der Waals surface area contributed by atoms with Crippen molar-refractivity contribution in [3.05, 3.63) is 78.6 Å². The van der Waals surface area contributed by atoms with E-state index in [0.29, 0.717) is 11.4 Å². The van der Waals surface area contributed by atoms with Gasteiger partial charge >= 0.3 is 6.09 Å². The maximum atomic E-state index is 11.8. The van der Waals surface area contributed by atoms with Gasteiger partial charge in [-0.25, -0.2) is 4.79 Å². The first kappa shape index (κ1) is 14.2. The second-order valence-electron chi connectivity index (χ2n) is 5.43. The minimum atomic E-state index is -1.03. The number of nitrogens with zero attached hydrogens (tertiary/aromatic N) is 2. The number of hydrogen-bond acceptors (Lipinski definition) is 4. The largest absolute Gasteiger partial charge is 0.465 e. The maximum Gasteiger partial charge on any atom is 0.412 e. The average molecular weight is 321 g/mol. The Hall–Kier alpha value is -3.41. The molecule has 2 N–H and O–H groups in total. The summed E-state index contributed by atoms with van der Waals surface area (Å²) in [5, 5.41) is 12.8. The van der Waals surface area contributed by atoms with E-state index in [9.17, 15) is 9.90 Å². The van der Waals surface area contributed by atoms with Gasteiger partial charge in [0.15, 0.2) is 11.6 Å². The van der Waals surface area contributed by atoms with Gasteiger partial charge in [0.2, 0.25) is 0 Å². The summed E-state index contributed by atoms with van der Waals surface area (Å²) in [6.07, 6.45) is 4.23. The van der Waals surface area contributed by atoms with Crippen LogP contribution in [0.2, 0.25) is 0 Å². The number of fused-ring (bicyclic) bond motifs is 3. The average Bonchev–Trinajstić information content (AvgIpc) is 3.09. The number of benzene rings is 2. The van der Waals surface area contributed by atoms with Crippen molar-refractivity contribution in [2.24, 2.45) is 0 Å².